The van der Waals surface area contributed by atoms with Gasteiger partial charge < -0.3 is 10.5 Å². The van der Waals surface area contributed by atoms with E-state index in [-0.39, 0.29) is 6.61 Å². The molecule has 0 fully saturated rings. The molecule has 0 saturated carbocycles. The average Bonchev–Trinajstić information content (AvgIpc) is 3.01. The molecule has 0 radical (unpaired) electrons. The van der Waals surface area contributed by atoms with Crippen molar-refractivity contribution in [3.63, 3.8) is 0 Å². The van der Waals surface area contributed by atoms with Gasteiger partial charge in [-0.1, -0.05) is 54.6 Å². The number of carbonyl (C=O) groups excluding carboxylic acids is 1. The van der Waals surface area contributed by atoms with Crippen LogP contribution in [0.15, 0.2) is 66.7 Å². The Kier molecular flexibility index (Phi) is 3.86. The summed E-state index contributed by atoms with van der Waals surface area (Å²) >= 11 is 0. The number of fused-ring (bicyclic) bond motifs is 3. The van der Waals surface area contributed by atoms with E-state index in [0.29, 0.717) is 11.4 Å². The second-order valence-corrected chi connectivity index (χ2v) is 6.07. The fraction of sp³-hybridized carbons (Fsp3) is 0.0952. The first-order valence-corrected chi connectivity index (χ1v) is 8.19. The molecule has 1 aliphatic carbocycles. The number of carbonyl (C=O) groups is 1. The van der Waals surface area contributed by atoms with E-state index in [9.17, 15) is 4.79 Å². The summed E-state index contributed by atoms with van der Waals surface area (Å²) in [5.41, 5.74) is 13.0. The Bertz CT molecular complexity index is 950. The highest BCUT2D eigenvalue weighted by atomic mass is 16.5. The summed E-state index contributed by atoms with van der Waals surface area (Å²) in [6.07, 6.45) is 0.365. The van der Waals surface area contributed by atoms with Crippen LogP contribution in [0.1, 0.15) is 16.7 Å². The van der Waals surface area contributed by atoms with Crippen LogP contribution in [-0.4, -0.2) is 6.09 Å². The monoisotopic (exact) mass is 330 g/mol. The van der Waals surface area contributed by atoms with Crippen molar-refractivity contribution in [1.82, 2.24) is 0 Å². The van der Waals surface area contributed by atoms with E-state index in [2.05, 4.69) is 35.6 Å². The molecule has 25 heavy (non-hydrogen) atoms. The number of benzene rings is 3. The van der Waals surface area contributed by atoms with E-state index in [1.54, 1.807) is 12.1 Å². The maximum absolute atomic E-state index is 12.1. The van der Waals surface area contributed by atoms with Gasteiger partial charge in [-0.3, -0.25) is 5.32 Å². The zero-order chi connectivity index (χ0) is 17.2. The lowest BCUT2D eigenvalue weighted by molar-refractivity contribution is 0.155. The molecule has 3 aromatic rings. The second-order valence-electron chi connectivity index (χ2n) is 6.07. The van der Waals surface area contributed by atoms with Crippen LogP contribution in [0.5, 0.6) is 0 Å². The zero-order valence-electron chi connectivity index (χ0n) is 13.7. The fourth-order valence-electron chi connectivity index (χ4n) is 3.26. The lowest BCUT2D eigenvalue weighted by Gasteiger charge is -2.11. The van der Waals surface area contributed by atoms with E-state index in [4.69, 9.17) is 10.5 Å². The lowest BCUT2D eigenvalue weighted by Crippen LogP contribution is -2.15. The van der Waals surface area contributed by atoms with E-state index in [1.165, 1.54) is 22.3 Å². The molecule has 0 aliphatic heterocycles. The normalized spacial score (nSPS) is 11.5. The Morgan fingerprint density at radius 3 is 2.60 bits per heavy atom. The van der Waals surface area contributed by atoms with Crippen LogP contribution >= 0.6 is 0 Å². The van der Waals surface area contributed by atoms with Crippen molar-refractivity contribution in [3.8, 4) is 11.1 Å². The van der Waals surface area contributed by atoms with Crippen molar-refractivity contribution in [2.24, 2.45) is 0 Å². The van der Waals surface area contributed by atoms with Crippen LogP contribution in [0.4, 0.5) is 16.2 Å². The number of hydrogen-bond donors (Lipinski definition) is 2. The molecular weight excluding hydrogens is 312 g/mol. The molecule has 124 valence electrons. The molecular formula is C21H18N2O2. The maximum atomic E-state index is 12.1. The Labute approximate surface area is 146 Å². The molecule has 3 aromatic carbocycles. The van der Waals surface area contributed by atoms with Gasteiger partial charge >= 0.3 is 6.09 Å². The van der Waals surface area contributed by atoms with Gasteiger partial charge in [0.1, 0.15) is 6.61 Å². The molecule has 4 rings (SSSR count). The summed E-state index contributed by atoms with van der Waals surface area (Å²) in [7, 11) is 0. The van der Waals surface area contributed by atoms with Gasteiger partial charge in [0.2, 0.25) is 0 Å². The molecule has 0 saturated heterocycles. The molecule has 0 unspecified atom stereocenters. The van der Waals surface area contributed by atoms with Gasteiger partial charge in [0, 0.05) is 0 Å². The van der Waals surface area contributed by atoms with Crippen LogP contribution < -0.4 is 11.1 Å². The highest BCUT2D eigenvalue weighted by molar-refractivity contribution is 5.88. The Morgan fingerprint density at radius 2 is 1.72 bits per heavy atom. The van der Waals surface area contributed by atoms with Crippen molar-refractivity contribution in [1.29, 1.82) is 0 Å². The van der Waals surface area contributed by atoms with E-state index < -0.39 is 6.09 Å². The number of rotatable bonds is 3. The van der Waals surface area contributed by atoms with Gasteiger partial charge in [-0.15, -0.1) is 0 Å². The first-order chi connectivity index (χ1) is 12.2. The van der Waals surface area contributed by atoms with E-state index in [0.717, 1.165) is 12.0 Å². The highest BCUT2D eigenvalue weighted by Gasteiger charge is 2.20. The van der Waals surface area contributed by atoms with Crippen molar-refractivity contribution in [2.45, 2.75) is 13.0 Å². The maximum Gasteiger partial charge on any atom is 0.412 e. The molecule has 0 spiro atoms. The number of ether oxygens (including phenoxy) is 1. The predicted molar refractivity (Wildman–Crippen MR) is 99.3 cm³/mol. The summed E-state index contributed by atoms with van der Waals surface area (Å²) in [4.78, 5) is 12.1. The topological polar surface area (TPSA) is 64.3 Å². The number of nitrogen functional groups attached to an aromatic ring is 1. The summed E-state index contributed by atoms with van der Waals surface area (Å²) in [5, 5.41) is 2.68. The minimum Gasteiger partial charge on any atom is -0.444 e. The molecule has 0 bridgehead atoms. The minimum absolute atomic E-state index is 0.232. The number of amides is 1. The quantitative estimate of drug-likeness (QED) is 0.540. The number of nitrogens with one attached hydrogen (secondary N) is 1. The highest BCUT2D eigenvalue weighted by Crippen LogP contribution is 2.38. The third kappa shape index (κ3) is 2.94. The standard InChI is InChI=1S/C21H18N2O2/c22-19-10-3-4-11-20(19)23-21(24)25-13-15-7-5-9-17-16-8-2-1-6-14(16)12-18(15)17/h1-11H,12-13,22H2,(H,23,24). The van der Waals surface area contributed by atoms with Crippen LogP contribution in [0.25, 0.3) is 11.1 Å². The van der Waals surface area contributed by atoms with Gasteiger partial charge in [-0.05, 0) is 46.4 Å². The summed E-state index contributed by atoms with van der Waals surface area (Å²) in [6.45, 7) is 0.232. The number of anilines is 2. The second kappa shape index (κ2) is 6.32. The predicted octanol–water partition coefficient (Wildman–Crippen LogP) is 4.59. The fourth-order valence-corrected chi connectivity index (χ4v) is 3.26. The first kappa shape index (κ1) is 15.3. The summed E-state index contributed by atoms with van der Waals surface area (Å²) in [5.74, 6) is 0. The van der Waals surface area contributed by atoms with Crippen molar-refractivity contribution in [2.75, 3.05) is 11.1 Å². The van der Waals surface area contributed by atoms with E-state index >= 15 is 0 Å². The van der Waals surface area contributed by atoms with E-state index in [1.807, 2.05) is 24.3 Å². The first-order valence-electron chi connectivity index (χ1n) is 8.19. The molecule has 4 heteroatoms. The molecule has 0 aromatic heterocycles. The van der Waals surface area contributed by atoms with Crippen molar-refractivity contribution < 1.29 is 9.53 Å². The van der Waals surface area contributed by atoms with Crippen LogP contribution in [0.2, 0.25) is 0 Å². The average molecular weight is 330 g/mol. The zero-order valence-corrected chi connectivity index (χ0v) is 13.7. The Hall–Kier alpha value is -3.27. The van der Waals surface area contributed by atoms with Crippen LogP contribution in [0, 0.1) is 0 Å². The molecule has 1 aliphatic rings. The van der Waals surface area contributed by atoms with Crippen LogP contribution in [-0.2, 0) is 17.8 Å². The number of nitrogens with two attached hydrogens (primary N) is 1. The summed E-state index contributed by atoms with van der Waals surface area (Å²) in [6, 6.07) is 21.6. The van der Waals surface area contributed by atoms with Gasteiger partial charge in [-0.2, -0.15) is 0 Å². The minimum atomic E-state index is -0.508. The molecule has 0 heterocycles. The van der Waals surface area contributed by atoms with Gasteiger partial charge in [-0.25, -0.2) is 4.79 Å². The molecule has 3 N–H and O–H groups in total. The Balaban J connectivity index is 1.48. The van der Waals surface area contributed by atoms with Gasteiger partial charge in [0.15, 0.2) is 0 Å². The third-order valence-corrected chi connectivity index (χ3v) is 4.50. The molecule has 0 atom stereocenters. The number of para-hydroxylation sites is 2. The smallest absolute Gasteiger partial charge is 0.412 e. The van der Waals surface area contributed by atoms with Crippen LogP contribution in [0.3, 0.4) is 0 Å². The van der Waals surface area contributed by atoms with Crippen molar-refractivity contribution in [3.05, 3.63) is 83.4 Å². The SMILES string of the molecule is Nc1ccccc1NC(=O)OCc1cccc2c1Cc1ccccc1-2. The lowest BCUT2D eigenvalue weighted by atomic mass is 10.0. The van der Waals surface area contributed by atoms with Gasteiger partial charge in [0.05, 0.1) is 11.4 Å². The number of hydrogen-bond acceptors (Lipinski definition) is 3. The Morgan fingerprint density at radius 1 is 0.960 bits per heavy atom. The third-order valence-electron chi connectivity index (χ3n) is 4.50. The largest absolute Gasteiger partial charge is 0.444 e. The summed E-state index contributed by atoms with van der Waals surface area (Å²) < 4.78 is 5.41. The van der Waals surface area contributed by atoms with Crippen molar-refractivity contribution >= 4 is 17.5 Å². The molecule has 1 amide bonds. The van der Waals surface area contributed by atoms with Gasteiger partial charge in [0.25, 0.3) is 0 Å². The molecule has 4 nitrogen and oxygen atoms in total.